The first kappa shape index (κ1) is 24.0. The van der Waals surface area contributed by atoms with E-state index in [2.05, 4.69) is 20.4 Å². The number of anilines is 1. The molecule has 0 spiro atoms. The minimum absolute atomic E-state index is 0.0334. The van der Waals surface area contributed by atoms with Gasteiger partial charge in [0.05, 0.1) is 11.3 Å². The van der Waals surface area contributed by atoms with Gasteiger partial charge in [-0.25, -0.2) is 9.50 Å². The van der Waals surface area contributed by atoms with Crippen LogP contribution in [0.1, 0.15) is 62.1 Å². The lowest BCUT2D eigenvalue weighted by atomic mass is 9.83. The molecule has 5 rings (SSSR count). The lowest BCUT2D eigenvalue weighted by Gasteiger charge is -2.21. The Bertz CT molecular complexity index is 1610. The molecule has 0 bridgehead atoms. The van der Waals surface area contributed by atoms with Crippen LogP contribution in [0.5, 0.6) is 0 Å². The Balaban J connectivity index is 1.26. The molecule has 0 fully saturated rings. The van der Waals surface area contributed by atoms with Gasteiger partial charge in [0.15, 0.2) is 17.7 Å². The van der Waals surface area contributed by atoms with Crippen LogP contribution in [0.15, 0.2) is 48.8 Å². The van der Waals surface area contributed by atoms with E-state index in [9.17, 15) is 19.2 Å². The molecule has 1 aliphatic rings. The van der Waals surface area contributed by atoms with Crippen molar-refractivity contribution in [2.75, 3.05) is 5.32 Å². The molecule has 2 aromatic heterocycles. The Hall–Kier alpha value is -4.73. The molecule has 1 N–H and O–H groups in total. The second kappa shape index (κ2) is 9.38. The number of fused-ring (bicyclic) bond motifs is 3. The lowest BCUT2D eigenvalue weighted by molar-refractivity contribution is -0.153. The molecule has 0 saturated heterocycles. The van der Waals surface area contributed by atoms with Crippen LogP contribution >= 0.6 is 0 Å². The molecule has 0 radical (unpaired) electrons. The van der Waals surface area contributed by atoms with E-state index in [1.165, 1.54) is 13.3 Å². The Morgan fingerprint density at radius 3 is 2.46 bits per heavy atom. The number of nitrogens with one attached hydrogen (secondary N) is 1. The first-order valence-electron chi connectivity index (χ1n) is 11.7. The fraction of sp³-hybridized carbons (Fsp3) is 0.222. The number of benzene rings is 2. The number of ether oxygens (including phenoxy) is 1. The summed E-state index contributed by atoms with van der Waals surface area (Å²) in [5.74, 6) is -1.33. The summed E-state index contributed by atoms with van der Waals surface area (Å²) in [6, 6.07) is 11.3. The van der Waals surface area contributed by atoms with Gasteiger partial charge in [0.1, 0.15) is 6.33 Å². The highest BCUT2D eigenvalue weighted by molar-refractivity contribution is 6.30. The molecular formula is C27H23N5O5. The zero-order chi connectivity index (χ0) is 26.3. The smallest absolute Gasteiger partial charge is 0.306 e. The third-order valence-corrected chi connectivity index (χ3v) is 6.46. The van der Waals surface area contributed by atoms with E-state index in [4.69, 9.17) is 4.74 Å². The quantitative estimate of drug-likeness (QED) is 0.354. The number of amides is 1. The van der Waals surface area contributed by atoms with Crippen LogP contribution in [0.3, 0.4) is 0 Å². The van der Waals surface area contributed by atoms with E-state index >= 15 is 0 Å². The number of aryl methyl sites for hydroxylation is 2. The maximum Gasteiger partial charge on any atom is 0.306 e. The minimum atomic E-state index is -1.12. The number of rotatable bonds is 6. The van der Waals surface area contributed by atoms with Crippen molar-refractivity contribution in [3.63, 3.8) is 0 Å². The number of aromatic nitrogens is 4. The average Bonchev–Trinajstić information content (AvgIpc) is 3.35. The molecule has 1 aliphatic carbocycles. The largest absolute Gasteiger partial charge is 0.453 e. The number of carbonyl (C=O) groups excluding carboxylic acids is 4. The van der Waals surface area contributed by atoms with Crippen molar-refractivity contribution < 1.29 is 23.9 Å². The number of carbonyl (C=O) groups is 4. The Labute approximate surface area is 211 Å². The number of ketones is 2. The van der Waals surface area contributed by atoms with Gasteiger partial charge in [-0.2, -0.15) is 10.1 Å². The van der Waals surface area contributed by atoms with Crippen LogP contribution in [0.25, 0.3) is 5.78 Å². The number of esters is 1. The SMILES string of the molecule is Cc1nc2ncnn2c(C)c1CCC(=O)OC(C)C(=O)Nc1cccc2c1C(=O)c1ccccc1C2=O. The van der Waals surface area contributed by atoms with E-state index in [1.807, 2.05) is 13.8 Å². The summed E-state index contributed by atoms with van der Waals surface area (Å²) in [6.45, 7) is 5.16. The van der Waals surface area contributed by atoms with Crippen molar-refractivity contribution in [2.45, 2.75) is 39.7 Å². The minimum Gasteiger partial charge on any atom is -0.453 e. The van der Waals surface area contributed by atoms with E-state index in [0.29, 0.717) is 17.8 Å². The maximum atomic E-state index is 13.1. The molecule has 1 unspecified atom stereocenters. The van der Waals surface area contributed by atoms with Gasteiger partial charge in [0, 0.05) is 34.5 Å². The van der Waals surface area contributed by atoms with Crippen LogP contribution in [0.4, 0.5) is 5.69 Å². The van der Waals surface area contributed by atoms with Crippen LogP contribution in [-0.2, 0) is 20.7 Å². The first-order valence-corrected chi connectivity index (χ1v) is 11.7. The summed E-state index contributed by atoms with van der Waals surface area (Å²) in [7, 11) is 0. The topological polar surface area (TPSA) is 133 Å². The highest BCUT2D eigenvalue weighted by Gasteiger charge is 2.32. The van der Waals surface area contributed by atoms with Gasteiger partial charge in [0.25, 0.3) is 11.7 Å². The fourth-order valence-electron chi connectivity index (χ4n) is 4.54. The van der Waals surface area contributed by atoms with Gasteiger partial charge in [-0.05, 0) is 38.8 Å². The van der Waals surface area contributed by atoms with Gasteiger partial charge >= 0.3 is 5.97 Å². The predicted octanol–water partition coefficient (Wildman–Crippen LogP) is 3.02. The Kier molecular flexibility index (Phi) is 6.08. The Morgan fingerprint density at radius 2 is 1.70 bits per heavy atom. The van der Waals surface area contributed by atoms with Crippen molar-refractivity contribution in [1.82, 2.24) is 19.6 Å². The third kappa shape index (κ3) is 4.26. The van der Waals surface area contributed by atoms with E-state index < -0.39 is 18.0 Å². The van der Waals surface area contributed by atoms with E-state index in [0.717, 1.165) is 17.0 Å². The molecule has 4 aromatic rings. The highest BCUT2D eigenvalue weighted by atomic mass is 16.5. The molecule has 0 aliphatic heterocycles. The molecular weight excluding hydrogens is 474 g/mol. The standard InChI is InChI=1S/C27H23N5O5/c1-14-17(15(2)32-27(30-14)28-13-29-32)11-12-22(33)37-16(3)26(36)31-21-10-6-9-20-23(21)25(35)19-8-5-4-7-18(19)24(20)34/h4-10,13,16H,11-12H2,1-3H3,(H,31,36). The molecule has 2 heterocycles. The van der Waals surface area contributed by atoms with Crippen molar-refractivity contribution in [3.05, 3.63) is 88.0 Å². The second-order valence-electron chi connectivity index (χ2n) is 8.79. The fourth-order valence-corrected chi connectivity index (χ4v) is 4.54. The van der Waals surface area contributed by atoms with Crippen molar-refractivity contribution >= 4 is 34.9 Å². The lowest BCUT2D eigenvalue weighted by Crippen LogP contribution is -2.31. The van der Waals surface area contributed by atoms with Gasteiger partial charge in [0.2, 0.25) is 0 Å². The van der Waals surface area contributed by atoms with E-state index in [1.54, 1.807) is 47.0 Å². The summed E-state index contributed by atoms with van der Waals surface area (Å²) < 4.78 is 6.95. The van der Waals surface area contributed by atoms with Crippen molar-refractivity contribution in [2.24, 2.45) is 0 Å². The summed E-state index contributed by atoms with van der Waals surface area (Å²) in [6.07, 6.45) is 0.684. The number of hydrogen-bond acceptors (Lipinski definition) is 8. The summed E-state index contributed by atoms with van der Waals surface area (Å²) in [5.41, 5.74) is 3.57. The predicted molar refractivity (Wildman–Crippen MR) is 133 cm³/mol. The van der Waals surface area contributed by atoms with Gasteiger partial charge in [-0.15, -0.1) is 0 Å². The molecule has 186 valence electrons. The molecule has 10 nitrogen and oxygen atoms in total. The molecule has 0 saturated carbocycles. The normalized spacial score (nSPS) is 13.2. The average molecular weight is 498 g/mol. The van der Waals surface area contributed by atoms with Crippen LogP contribution < -0.4 is 5.32 Å². The zero-order valence-electron chi connectivity index (χ0n) is 20.4. The summed E-state index contributed by atoms with van der Waals surface area (Å²) in [5, 5.41) is 6.79. The second-order valence-corrected chi connectivity index (χ2v) is 8.79. The first-order chi connectivity index (χ1) is 17.8. The summed E-state index contributed by atoms with van der Waals surface area (Å²) in [4.78, 5) is 59.9. The maximum absolute atomic E-state index is 13.1. The van der Waals surface area contributed by atoms with Crippen molar-refractivity contribution in [1.29, 1.82) is 0 Å². The monoisotopic (exact) mass is 497 g/mol. The Morgan fingerprint density at radius 1 is 1.00 bits per heavy atom. The zero-order valence-corrected chi connectivity index (χ0v) is 20.4. The van der Waals surface area contributed by atoms with Crippen LogP contribution in [0, 0.1) is 13.8 Å². The van der Waals surface area contributed by atoms with Crippen molar-refractivity contribution in [3.8, 4) is 0 Å². The van der Waals surface area contributed by atoms with Crippen LogP contribution in [0.2, 0.25) is 0 Å². The van der Waals surface area contributed by atoms with Gasteiger partial charge in [-0.1, -0.05) is 36.4 Å². The molecule has 2 aromatic carbocycles. The molecule has 1 amide bonds. The highest BCUT2D eigenvalue weighted by Crippen LogP contribution is 2.32. The summed E-state index contributed by atoms with van der Waals surface area (Å²) >= 11 is 0. The third-order valence-electron chi connectivity index (χ3n) is 6.46. The number of hydrogen-bond donors (Lipinski definition) is 1. The molecule has 1 atom stereocenters. The molecule has 37 heavy (non-hydrogen) atoms. The van der Waals surface area contributed by atoms with Crippen LogP contribution in [-0.4, -0.2) is 49.1 Å². The van der Waals surface area contributed by atoms with E-state index in [-0.39, 0.29) is 40.4 Å². The molecule has 10 heteroatoms. The van der Waals surface area contributed by atoms with Gasteiger partial charge in [-0.3, -0.25) is 19.2 Å². The number of nitrogens with zero attached hydrogens (tertiary/aromatic N) is 4. The van der Waals surface area contributed by atoms with Gasteiger partial charge < -0.3 is 10.1 Å².